The summed E-state index contributed by atoms with van der Waals surface area (Å²) in [6.45, 7) is 0.575. The molecular formula is C7H8Cl2N2. The lowest BCUT2D eigenvalue weighted by Gasteiger charge is -2.08. The standard InChI is InChI=1S/C7H8Cl2N2/c8-10-11(9)6-7-4-2-1-3-5-7/h1-5,10H,6H2. The van der Waals surface area contributed by atoms with Crippen molar-refractivity contribution in [1.82, 2.24) is 9.47 Å². The van der Waals surface area contributed by atoms with E-state index < -0.39 is 0 Å². The van der Waals surface area contributed by atoms with Gasteiger partial charge in [-0.1, -0.05) is 30.3 Å². The summed E-state index contributed by atoms with van der Waals surface area (Å²) in [7, 11) is 0. The molecule has 60 valence electrons. The molecule has 11 heavy (non-hydrogen) atoms. The predicted octanol–water partition coefficient (Wildman–Crippen LogP) is 2.30. The first-order chi connectivity index (χ1) is 5.33. The van der Waals surface area contributed by atoms with Crippen LogP contribution >= 0.6 is 23.6 Å². The summed E-state index contributed by atoms with van der Waals surface area (Å²) in [5.74, 6) is 0. The van der Waals surface area contributed by atoms with Crippen molar-refractivity contribution in [3.8, 4) is 0 Å². The zero-order chi connectivity index (χ0) is 8.10. The van der Waals surface area contributed by atoms with Gasteiger partial charge in [0.25, 0.3) is 0 Å². The van der Waals surface area contributed by atoms with Crippen molar-refractivity contribution < 1.29 is 0 Å². The molecule has 0 amide bonds. The van der Waals surface area contributed by atoms with E-state index in [1.165, 1.54) is 4.53 Å². The number of nitrogens with zero attached hydrogens (tertiary/aromatic N) is 1. The van der Waals surface area contributed by atoms with Gasteiger partial charge in [0.15, 0.2) is 0 Å². The SMILES string of the molecule is ClNN(Cl)Cc1ccccc1. The third-order valence-corrected chi connectivity index (χ3v) is 1.75. The maximum Gasteiger partial charge on any atom is 0.0559 e. The average molecular weight is 191 g/mol. The first-order valence-corrected chi connectivity index (χ1v) is 3.88. The maximum absolute atomic E-state index is 5.59. The van der Waals surface area contributed by atoms with Crippen molar-refractivity contribution in [2.75, 3.05) is 0 Å². The van der Waals surface area contributed by atoms with Crippen molar-refractivity contribution in [2.24, 2.45) is 0 Å². The van der Waals surface area contributed by atoms with E-state index in [4.69, 9.17) is 23.6 Å². The van der Waals surface area contributed by atoms with Crippen molar-refractivity contribution in [2.45, 2.75) is 6.54 Å². The van der Waals surface area contributed by atoms with E-state index in [0.29, 0.717) is 6.54 Å². The van der Waals surface area contributed by atoms with Gasteiger partial charge in [-0.3, -0.25) is 0 Å². The lowest BCUT2D eigenvalue weighted by atomic mass is 10.2. The number of benzene rings is 1. The Morgan fingerprint density at radius 1 is 1.27 bits per heavy atom. The molecule has 0 bridgehead atoms. The van der Waals surface area contributed by atoms with Crippen LogP contribution in [0.15, 0.2) is 30.3 Å². The second-order valence-corrected chi connectivity index (χ2v) is 2.67. The Hall–Kier alpha value is -0.280. The third-order valence-electron chi connectivity index (χ3n) is 1.26. The topological polar surface area (TPSA) is 15.3 Å². The van der Waals surface area contributed by atoms with Crippen molar-refractivity contribution in [1.29, 1.82) is 0 Å². The van der Waals surface area contributed by atoms with Gasteiger partial charge in [-0.2, -0.15) is 4.94 Å². The normalized spacial score (nSPS) is 10.5. The summed E-state index contributed by atoms with van der Waals surface area (Å²) >= 11 is 10.8. The maximum atomic E-state index is 5.59. The highest BCUT2D eigenvalue weighted by molar-refractivity contribution is 6.19. The Kier molecular flexibility index (Phi) is 3.66. The molecule has 0 aromatic heterocycles. The minimum Gasteiger partial charge on any atom is -0.152 e. The average Bonchev–Trinajstić information content (AvgIpc) is 2.06. The summed E-state index contributed by atoms with van der Waals surface area (Å²) in [4.78, 5) is 2.28. The zero-order valence-electron chi connectivity index (χ0n) is 5.80. The van der Waals surface area contributed by atoms with Gasteiger partial charge in [0.1, 0.15) is 0 Å². The molecule has 4 heteroatoms. The van der Waals surface area contributed by atoms with Crippen molar-refractivity contribution in [3.63, 3.8) is 0 Å². The number of hydrogen-bond acceptors (Lipinski definition) is 2. The molecule has 0 aliphatic rings. The Morgan fingerprint density at radius 3 is 2.45 bits per heavy atom. The van der Waals surface area contributed by atoms with Crippen LogP contribution in [-0.2, 0) is 6.54 Å². The smallest absolute Gasteiger partial charge is 0.0559 e. The number of nitrogens with one attached hydrogen (secondary N) is 1. The molecule has 0 aliphatic heterocycles. The molecule has 0 spiro atoms. The molecule has 1 aromatic carbocycles. The minimum atomic E-state index is 0.575. The van der Waals surface area contributed by atoms with E-state index in [2.05, 4.69) is 4.94 Å². The van der Waals surface area contributed by atoms with E-state index in [9.17, 15) is 0 Å². The Bertz CT molecular complexity index is 203. The number of hydrazine groups is 1. The van der Waals surface area contributed by atoms with Crippen LogP contribution in [0.5, 0.6) is 0 Å². The Morgan fingerprint density at radius 2 is 1.91 bits per heavy atom. The summed E-state index contributed by atoms with van der Waals surface area (Å²) in [6, 6.07) is 9.81. The van der Waals surface area contributed by atoms with Gasteiger partial charge in [0, 0.05) is 0 Å². The summed E-state index contributed by atoms with van der Waals surface area (Å²) in [5, 5.41) is 0. The lowest BCUT2D eigenvalue weighted by Crippen LogP contribution is -2.19. The highest BCUT2D eigenvalue weighted by Gasteiger charge is 1.97. The molecule has 0 radical (unpaired) electrons. The quantitative estimate of drug-likeness (QED) is 0.582. The number of halogens is 2. The van der Waals surface area contributed by atoms with E-state index in [-0.39, 0.29) is 0 Å². The predicted molar refractivity (Wildman–Crippen MR) is 46.8 cm³/mol. The van der Waals surface area contributed by atoms with Crippen molar-refractivity contribution in [3.05, 3.63) is 35.9 Å². The van der Waals surface area contributed by atoms with Gasteiger partial charge in [-0.25, -0.2) is 0 Å². The fourth-order valence-electron chi connectivity index (χ4n) is 0.774. The number of rotatable bonds is 3. The Labute approximate surface area is 75.9 Å². The lowest BCUT2D eigenvalue weighted by molar-refractivity contribution is 0.422. The van der Waals surface area contributed by atoms with E-state index >= 15 is 0 Å². The molecule has 0 saturated carbocycles. The van der Waals surface area contributed by atoms with Crippen LogP contribution in [0.3, 0.4) is 0 Å². The highest BCUT2D eigenvalue weighted by Crippen LogP contribution is 2.03. The molecule has 1 rings (SSSR count). The summed E-state index contributed by atoms with van der Waals surface area (Å²) < 4.78 is 1.27. The molecule has 0 heterocycles. The molecular weight excluding hydrogens is 183 g/mol. The van der Waals surface area contributed by atoms with Gasteiger partial charge in [-0.15, -0.1) is 4.53 Å². The molecule has 0 aliphatic carbocycles. The number of hydrogen-bond donors (Lipinski definition) is 1. The zero-order valence-corrected chi connectivity index (χ0v) is 7.31. The molecule has 0 unspecified atom stereocenters. The second kappa shape index (κ2) is 4.57. The fourth-order valence-corrected chi connectivity index (χ4v) is 0.971. The van der Waals surface area contributed by atoms with Crippen LogP contribution in [0.2, 0.25) is 0 Å². The van der Waals surface area contributed by atoms with Crippen LogP contribution in [0, 0.1) is 0 Å². The van der Waals surface area contributed by atoms with Gasteiger partial charge in [-0.05, 0) is 29.1 Å². The van der Waals surface area contributed by atoms with Gasteiger partial charge >= 0.3 is 0 Å². The van der Waals surface area contributed by atoms with Gasteiger partial charge in [0.05, 0.1) is 6.54 Å². The molecule has 2 nitrogen and oxygen atoms in total. The second-order valence-electron chi connectivity index (χ2n) is 2.09. The van der Waals surface area contributed by atoms with Crippen LogP contribution in [0.25, 0.3) is 0 Å². The van der Waals surface area contributed by atoms with E-state index in [0.717, 1.165) is 5.56 Å². The molecule has 1 aromatic rings. The highest BCUT2D eigenvalue weighted by atomic mass is 35.5. The van der Waals surface area contributed by atoms with Crippen LogP contribution in [-0.4, -0.2) is 4.53 Å². The van der Waals surface area contributed by atoms with Gasteiger partial charge in [0.2, 0.25) is 0 Å². The molecule has 0 saturated heterocycles. The van der Waals surface area contributed by atoms with Crippen molar-refractivity contribution >= 4 is 23.6 Å². The largest absolute Gasteiger partial charge is 0.152 e. The van der Waals surface area contributed by atoms with Crippen LogP contribution < -0.4 is 4.94 Å². The van der Waals surface area contributed by atoms with Crippen LogP contribution in [0.1, 0.15) is 5.56 Å². The van der Waals surface area contributed by atoms with Gasteiger partial charge < -0.3 is 0 Å². The van der Waals surface area contributed by atoms with Crippen LogP contribution in [0.4, 0.5) is 0 Å². The van der Waals surface area contributed by atoms with E-state index in [1.54, 1.807) is 0 Å². The molecule has 0 atom stereocenters. The summed E-state index contributed by atoms with van der Waals surface area (Å²) in [6.07, 6.45) is 0. The molecule has 0 fully saturated rings. The third kappa shape index (κ3) is 3.08. The monoisotopic (exact) mass is 190 g/mol. The fraction of sp³-hybridized carbons (Fsp3) is 0.143. The Balaban J connectivity index is 2.51. The minimum absolute atomic E-state index is 0.575. The summed E-state index contributed by atoms with van der Waals surface area (Å²) in [5.41, 5.74) is 1.11. The molecule has 1 N–H and O–H groups in total. The first-order valence-electron chi connectivity index (χ1n) is 3.16. The van der Waals surface area contributed by atoms with E-state index in [1.807, 2.05) is 30.3 Å². The first kappa shape index (κ1) is 8.81.